The maximum Gasteiger partial charge on any atom is 0.162 e. The van der Waals surface area contributed by atoms with E-state index in [4.69, 9.17) is 5.73 Å². The Morgan fingerprint density at radius 2 is 2.44 bits per heavy atom. The number of nitrogens with two attached hydrogens (primary N) is 1. The van der Waals surface area contributed by atoms with E-state index in [1.54, 1.807) is 6.07 Å². The number of anilines is 1. The molecule has 1 heterocycles. The van der Waals surface area contributed by atoms with E-state index in [-0.39, 0.29) is 5.78 Å². The van der Waals surface area contributed by atoms with Gasteiger partial charge in [-0.1, -0.05) is 0 Å². The number of ketones is 1. The Morgan fingerprint density at radius 3 is 2.67 bits per heavy atom. The summed E-state index contributed by atoms with van der Waals surface area (Å²) in [6.07, 6.45) is 0. The van der Waals surface area contributed by atoms with Gasteiger partial charge in [0.05, 0.1) is 10.6 Å². The first-order valence-corrected chi connectivity index (χ1v) is 3.43. The molecule has 0 saturated heterocycles. The smallest absolute Gasteiger partial charge is 0.162 e. The first-order valence-electron chi connectivity index (χ1n) is 2.55. The third-order valence-corrected chi connectivity index (χ3v) is 1.82. The van der Waals surface area contributed by atoms with Crippen LogP contribution in [0.15, 0.2) is 11.4 Å². The van der Waals surface area contributed by atoms with E-state index in [1.165, 1.54) is 18.3 Å². The third-order valence-electron chi connectivity index (χ3n) is 1.07. The molecule has 0 saturated carbocycles. The molecule has 0 fully saturated rings. The Balaban J connectivity index is 3.08. The molecule has 1 rings (SSSR count). The molecular formula is C6H7NOS. The highest BCUT2D eigenvalue weighted by Crippen LogP contribution is 2.18. The molecule has 0 aliphatic heterocycles. The normalized spacial score (nSPS) is 9.44. The van der Waals surface area contributed by atoms with Crippen LogP contribution in [0.25, 0.3) is 0 Å². The van der Waals surface area contributed by atoms with Crippen LogP contribution in [0.1, 0.15) is 17.3 Å². The molecule has 0 aliphatic rings. The fourth-order valence-electron chi connectivity index (χ4n) is 0.612. The lowest BCUT2D eigenvalue weighted by molar-refractivity contribution is 0.101. The predicted octanol–water partition coefficient (Wildman–Crippen LogP) is 1.53. The van der Waals surface area contributed by atoms with Crippen LogP contribution in [0.3, 0.4) is 0 Å². The summed E-state index contributed by atoms with van der Waals surface area (Å²) in [5.74, 6) is 0.0359. The standard InChI is InChI=1S/C6H7NOS/c1-4(8)5-2-3-9-6(5)7/h2-3H,7H2,1H3. The molecule has 0 atom stereocenters. The average Bonchev–Trinajstić information content (AvgIpc) is 2.13. The molecular weight excluding hydrogens is 134 g/mol. The number of hydrogen-bond donors (Lipinski definition) is 1. The molecule has 1 aromatic rings. The van der Waals surface area contributed by atoms with Crippen molar-refractivity contribution in [3.63, 3.8) is 0 Å². The number of hydrogen-bond acceptors (Lipinski definition) is 3. The number of carbonyl (C=O) groups excluding carboxylic acids is 1. The molecule has 0 aromatic carbocycles. The van der Waals surface area contributed by atoms with Gasteiger partial charge < -0.3 is 5.73 Å². The molecule has 0 aliphatic carbocycles. The maximum absolute atomic E-state index is 10.7. The Kier molecular flexibility index (Phi) is 1.53. The fraction of sp³-hybridized carbons (Fsp3) is 0.167. The monoisotopic (exact) mass is 141 g/mol. The van der Waals surface area contributed by atoms with Gasteiger partial charge in [0, 0.05) is 0 Å². The van der Waals surface area contributed by atoms with Gasteiger partial charge in [-0.05, 0) is 18.4 Å². The topological polar surface area (TPSA) is 43.1 Å². The minimum atomic E-state index is 0.0359. The lowest BCUT2D eigenvalue weighted by Gasteiger charge is -1.88. The van der Waals surface area contributed by atoms with E-state index in [1.807, 2.05) is 5.38 Å². The van der Waals surface area contributed by atoms with Crippen molar-refractivity contribution in [1.82, 2.24) is 0 Å². The van der Waals surface area contributed by atoms with Crippen LogP contribution in [0, 0.1) is 0 Å². The minimum Gasteiger partial charge on any atom is -0.390 e. The average molecular weight is 141 g/mol. The molecule has 0 spiro atoms. The molecule has 0 bridgehead atoms. The Labute approximate surface area is 57.3 Å². The summed E-state index contributed by atoms with van der Waals surface area (Å²) >= 11 is 1.39. The van der Waals surface area contributed by atoms with E-state index < -0.39 is 0 Å². The van der Waals surface area contributed by atoms with Crippen molar-refractivity contribution in [2.75, 3.05) is 5.73 Å². The van der Waals surface area contributed by atoms with E-state index in [9.17, 15) is 4.79 Å². The van der Waals surface area contributed by atoms with Gasteiger partial charge in [-0.2, -0.15) is 0 Å². The van der Waals surface area contributed by atoms with Crippen molar-refractivity contribution in [1.29, 1.82) is 0 Å². The highest BCUT2D eigenvalue weighted by Gasteiger charge is 2.03. The highest BCUT2D eigenvalue weighted by molar-refractivity contribution is 7.14. The Morgan fingerprint density at radius 1 is 1.78 bits per heavy atom. The van der Waals surface area contributed by atoms with Gasteiger partial charge >= 0.3 is 0 Å². The third kappa shape index (κ3) is 1.10. The zero-order chi connectivity index (χ0) is 6.85. The van der Waals surface area contributed by atoms with Gasteiger partial charge in [-0.15, -0.1) is 11.3 Å². The van der Waals surface area contributed by atoms with Gasteiger partial charge in [-0.25, -0.2) is 0 Å². The van der Waals surface area contributed by atoms with Gasteiger partial charge in [-0.3, -0.25) is 4.79 Å². The number of rotatable bonds is 1. The van der Waals surface area contributed by atoms with Crippen molar-refractivity contribution >= 4 is 22.1 Å². The zero-order valence-corrected chi connectivity index (χ0v) is 5.87. The number of carbonyl (C=O) groups is 1. The zero-order valence-electron chi connectivity index (χ0n) is 5.05. The fourth-order valence-corrected chi connectivity index (χ4v) is 1.30. The van der Waals surface area contributed by atoms with Crippen molar-refractivity contribution in [2.45, 2.75) is 6.92 Å². The summed E-state index contributed by atoms with van der Waals surface area (Å²) in [4.78, 5) is 10.7. The van der Waals surface area contributed by atoms with Crippen LogP contribution in [0.2, 0.25) is 0 Å². The molecule has 1 aromatic heterocycles. The number of nitrogen functional groups attached to an aromatic ring is 1. The number of thiophene rings is 1. The van der Waals surface area contributed by atoms with Crippen molar-refractivity contribution in [3.8, 4) is 0 Å². The lowest BCUT2D eigenvalue weighted by atomic mass is 10.2. The van der Waals surface area contributed by atoms with Crippen LogP contribution in [0.4, 0.5) is 5.00 Å². The van der Waals surface area contributed by atoms with Crippen LogP contribution < -0.4 is 5.73 Å². The maximum atomic E-state index is 10.7. The van der Waals surface area contributed by atoms with Crippen LogP contribution in [-0.4, -0.2) is 5.78 Å². The first-order chi connectivity index (χ1) is 4.22. The van der Waals surface area contributed by atoms with Crippen LogP contribution >= 0.6 is 11.3 Å². The second-order valence-corrected chi connectivity index (χ2v) is 2.70. The van der Waals surface area contributed by atoms with E-state index >= 15 is 0 Å². The first kappa shape index (κ1) is 6.29. The van der Waals surface area contributed by atoms with E-state index in [0.717, 1.165) is 0 Å². The quantitative estimate of drug-likeness (QED) is 0.603. The predicted molar refractivity (Wildman–Crippen MR) is 38.7 cm³/mol. The minimum absolute atomic E-state index is 0.0359. The van der Waals surface area contributed by atoms with Crippen molar-refractivity contribution in [2.24, 2.45) is 0 Å². The lowest BCUT2D eigenvalue weighted by Crippen LogP contribution is -1.93. The van der Waals surface area contributed by atoms with E-state index in [0.29, 0.717) is 10.6 Å². The summed E-state index contributed by atoms with van der Waals surface area (Å²) in [5.41, 5.74) is 6.08. The van der Waals surface area contributed by atoms with Crippen molar-refractivity contribution in [3.05, 3.63) is 17.0 Å². The summed E-state index contributed by atoms with van der Waals surface area (Å²) in [6, 6.07) is 1.74. The molecule has 2 nitrogen and oxygen atoms in total. The summed E-state index contributed by atoms with van der Waals surface area (Å²) < 4.78 is 0. The van der Waals surface area contributed by atoms with E-state index in [2.05, 4.69) is 0 Å². The van der Waals surface area contributed by atoms with Gasteiger partial charge in [0.15, 0.2) is 5.78 Å². The molecule has 3 heteroatoms. The molecule has 48 valence electrons. The molecule has 0 unspecified atom stereocenters. The molecule has 0 amide bonds. The van der Waals surface area contributed by atoms with Crippen LogP contribution in [0.5, 0.6) is 0 Å². The Hall–Kier alpha value is -0.830. The second-order valence-electron chi connectivity index (χ2n) is 1.75. The summed E-state index contributed by atoms with van der Waals surface area (Å²) in [5, 5.41) is 2.43. The Bertz CT molecular complexity index is 229. The summed E-state index contributed by atoms with van der Waals surface area (Å²) in [6.45, 7) is 1.51. The largest absolute Gasteiger partial charge is 0.390 e. The van der Waals surface area contributed by atoms with Gasteiger partial charge in [0.25, 0.3) is 0 Å². The second kappa shape index (κ2) is 2.19. The van der Waals surface area contributed by atoms with Gasteiger partial charge in [0.1, 0.15) is 0 Å². The van der Waals surface area contributed by atoms with Gasteiger partial charge in [0.2, 0.25) is 0 Å². The summed E-state index contributed by atoms with van der Waals surface area (Å²) in [7, 11) is 0. The molecule has 9 heavy (non-hydrogen) atoms. The van der Waals surface area contributed by atoms with Crippen LogP contribution in [-0.2, 0) is 0 Å². The molecule has 2 N–H and O–H groups in total. The molecule has 0 radical (unpaired) electrons. The number of Topliss-reactive ketones (excluding diaryl/α,β-unsaturated/α-hetero) is 1. The van der Waals surface area contributed by atoms with Crippen molar-refractivity contribution < 1.29 is 4.79 Å². The SMILES string of the molecule is CC(=O)c1ccsc1N. The highest BCUT2D eigenvalue weighted by atomic mass is 32.1.